The van der Waals surface area contributed by atoms with E-state index in [2.05, 4.69) is 24.1 Å². The van der Waals surface area contributed by atoms with Crippen LogP contribution >= 0.6 is 0 Å². The van der Waals surface area contributed by atoms with Crippen LogP contribution in [-0.4, -0.2) is 62.9 Å². The zero-order valence-corrected chi connectivity index (χ0v) is 13.1. The van der Waals surface area contributed by atoms with Crippen molar-refractivity contribution in [2.45, 2.75) is 39.7 Å². The maximum absolute atomic E-state index is 12.2. The standard InChI is InChI=1S/C14H30N2O3/c1-6-9-15-14(4,13(17)19-8-3)12-16(7-2)10-11-18-5/h15H,6-12H2,1-5H3. The van der Waals surface area contributed by atoms with E-state index in [0.717, 1.165) is 26.1 Å². The first-order valence-corrected chi connectivity index (χ1v) is 7.17. The molecule has 0 saturated heterocycles. The number of esters is 1. The van der Waals surface area contributed by atoms with Crippen molar-refractivity contribution in [3.8, 4) is 0 Å². The highest BCUT2D eigenvalue weighted by Crippen LogP contribution is 2.10. The molecule has 1 atom stereocenters. The highest BCUT2D eigenvalue weighted by atomic mass is 16.5. The van der Waals surface area contributed by atoms with Crippen LogP contribution in [0.15, 0.2) is 0 Å². The highest BCUT2D eigenvalue weighted by molar-refractivity contribution is 5.80. The lowest BCUT2D eigenvalue weighted by Crippen LogP contribution is -2.58. The van der Waals surface area contributed by atoms with Crippen LogP contribution in [0.4, 0.5) is 0 Å². The van der Waals surface area contributed by atoms with Gasteiger partial charge in [0.15, 0.2) is 0 Å². The van der Waals surface area contributed by atoms with Gasteiger partial charge in [0, 0.05) is 20.2 Å². The summed E-state index contributed by atoms with van der Waals surface area (Å²) < 4.78 is 10.3. The number of carbonyl (C=O) groups is 1. The fourth-order valence-corrected chi connectivity index (χ4v) is 1.90. The maximum Gasteiger partial charge on any atom is 0.327 e. The first-order valence-electron chi connectivity index (χ1n) is 7.17. The molecule has 0 heterocycles. The Balaban J connectivity index is 4.66. The molecule has 0 bridgehead atoms. The van der Waals surface area contributed by atoms with Gasteiger partial charge in [0.25, 0.3) is 0 Å². The highest BCUT2D eigenvalue weighted by Gasteiger charge is 2.35. The molecular weight excluding hydrogens is 244 g/mol. The van der Waals surface area contributed by atoms with E-state index < -0.39 is 5.54 Å². The Bertz CT molecular complexity index is 249. The van der Waals surface area contributed by atoms with Gasteiger partial charge in [0.05, 0.1) is 13.2 Å². The van der Waals surface area contributed by atoms with Crippen LogP contribution in [0.1, 0.15) is 34.1 Å². The average molecular weight is 274 g/mol. The molecule has 1 unspecified atom stereocenters. The molecule has 0 fully saturated rings. The summed E-state index contributed by atoms with van der Waals surface area (Å²) in [7, 11) is 1.69. The van der Waals surface area contributed by atoms with E-state index in [-0.39, 0.29) is 5.97 Å². The third kappa shape index (κ3) is 6.89. The molecule has 0 spiro atoms. The minimum absolute atomic E-state index is 0.181. The quantitative estimate of drug-likeness (QED) is 0.575. The number of carbonyl (C=O) groups excluding carboxylic acids is 1. The molecule has 1 N–H and O–H groups in total. The van der Waals surface area contributed by atoms with Gasteiger partial charge in [-0.05, 0) is 33.4 Å². The number of hydrogen-bond acceptors (Lipinski definition) is 5. The summed E-state index contributed by atoms with van der Waals surface area (Å²) in [5.74, 6) is -0.181. The van der Waals surface area contributed by atoms with Crippen molar-refractivity contribution in [2.75, 3.05) is 46.5 Å². The van der Waals surface area contributed by atoms with E-state index in [0.29, 0.717) is 19.8 Å². The van der Waals surface area contributed by atoms with E-state index in [1.807, 2.05) is 13.8 Å². The number of rotatable bonds is 11. The van der Waals surface area contributed by atoms with Gasteiger partial charge in [-0.2, -0.15) is 0 Å². The molecule has 0 aromatic heterocycles. The largest absolute Gasteiger partial charge is 0.465 e. The normalized spacial score (nSPS) is 14.4. The van der Waals surface area contributed by atoms with Crippen molar-refractivity contribution >= 4 is 5.97 Å². The van der Waals surface area contributed by atoms with Crippen LogP contribution in [0.2, 0.25) is 0 Å². The van der Waals surface area contributed by atoms with Crippen molar-refractivity contribution in [1.29, 1.82) is 0 Å². The Morgan fingerprint density at radius 3 is 2.47 bits per heavy atom. The zero-order chi connectivity index (χ0) is 14.7. The lowest BCUT2D eigenvalue weighted by Gasteiger charge is -2.34. The zero-order valence-electron chi connectivity index (χ0n) is 13.1. The minimum atomic E-state index is -0.657. The monoisotopic (exact) mass is 274 g/mol. The second kappa shape index (κ2) is 10.2. The first-order chi connectivity index (χ1) is 9.03. The Kier molecular flexibility index (Phi) is 9.83. The molecule has 0 aromatic carbocycles. The van der Waals surface area contributed by atoms with Crippen LogP contribution in [0, 0.1) is 0 Å². The number of nitrogens with one attached hydrogen (secondary N) is 1. The van der Waals surface area contributed by atoms with Gasteiger partial charge in [-0.1, -0.05) is 13.8 Å². The van der Waals surface area contributed by atoms with Crippen molar-refractivity contribution in [3.63, 3.8) is 0 Å². The van der Waals surface area contributed by atoms with Crippen LogP contribution in [0.3, 0.4) is 0 Å². The molecule has 5 nitrogen and oxygen atoms in total. The van der Waals surface area contributed by atoms with E-state index in [1.54, 1.807) is 7.11 Å². The van der Waals surface area contributed by atoms with Gasteiger partial charge in [-0.15, -0.1) is 0 Å². The summed E-state index contributed by atoms with van der Waals surface area (Å²) >= 11 is 0. The van der Waals surface area contributed by atoms with Gasteiger partial charge >= 0.3 is 5.97 Å². The van der Waals surface area contributed by atoms with E-state index in [9.17, 15) is 4.79 Å². The lowest BCUT2D eigenvalue weighted by atomic mass is 10.0. The summed E-state index contributed by atoms with van der Waals surface area (Å²) in [5, 5.41) is 3.31. The van der Waals surface area contributed by atoms with Gasteiger partial charge in [0.2, 0.25) is 0 Å². The van der Waals surface area contributed by atoms with Crippen molar-refractivity contribution in [3.05, 3.63) is 0 Å². The fourth-order valence-electron chi connectivity index (χ4n) is 1.90. The van der Waals surface area contributed by atoms with Crippen LogP contribution in [-0.2, 0) is 14.3 Å². The molecule has 5 heteroatoms. The molecule has 0 rings (SSSR count). The summed E-state index contributed by atoms with van der Waals surface area (Å²) in [4.78, 5) is 14.4. The Morgan fingerprint density at radius 2 is 2.00 bits per heavy atom. The number of ether oxygens (including phenoxy) is 2. The van der Waals surface area contributed by atoms with Crippen molar-refractivity contribution in [1.82, 2.24) is 10.2 Å². The van der Waals surface area contributed by atoms with Gasteiger partial charge < -0.3 is 14.8 Å². The molecule has 0 saturated carbocycles. The average Bonchev–Trinajstić information content (AvgIpc) is 2.41. The number of methoxy groups -OCH3 is 1. The van der Waals surface area contributed by atoms with Crippen molar-refractivity contribution in [2.24, 2.45) is 0 Å². The molecule has 19 heavy (non-hydrogen) atoms. The summed E-state index contributed by atoms with van der Waals surface area (Å²) in [6.45, 7) is 12.1. The van der Waals surface area contributed by atoms with Gasteiger partial charge in [-0.3, -0.25) is 9.69 Å². The van der Waals surface area contributed by atoms with Gasteiger partial charge in [-0.25, -0.2) is 0 Å². The molecule has 0 aromatic rings. The Hall–Kier alpha value is -0.650. The minimum Gasteiger partial charge on any atom is -0.465 e. The van der Waals surface area contributed by atoms with Crippen LogP contribution in [0.25, 0.3) is 0 Å². The molecule has 0 aliphatic heterocycles. The molecular formula is C14H30N2O3. The lowest BCUT2D eigenvalue weighted by molar-refractivity contribution is -0.151. The topological polar surface area (TPSA) is 50.8 Å². The Labute approximate surface area is 117 Å². The molecule has 0 aliphatic rings. The SMILES string of the molecule is CCCNC(C)(CN(CC)CCOC)C(=O)OCC. The fraction of sp³-hybridized carbons (Fsp3) is 0.929. The third-order valence-electron chi connectivity index (χ3n) is 3.09. The number of hydrogen-bond donors (Lipinski definition) is 1. The number of nitrogens with zero attached hydrogens (tertiary/aromatic N) is 1. The Morgan fingerprint density at radius 1 is 1.32 bits per heavy atom. The summed E-state index contributed by atoms with van der Waals surface area (Å²) in [6, 6.07) is 0. The van der Waals surface area contributed by atoms with Crippen LogP contribution < -0.4 is 5.32 Å². The predicted octanol–water partition coefficient (Wildman–Crippen LogP) is 1.28. The predicted molar refractivity (Wildman–Crippen MR) is 77.3 cm³/mol. The molecule has 0 radical (unpaired) electrons. The first kappa shape index (κ1) is 18.4. The summed E-state index contributed by atoms with van der Waals surface area (Å²) in [6.07, 6.45) is 0.985. The molecule has 114 valence electrons. The van der Waals surface area contributed by atoms with Crippen molar-refractivity contribution < 1.29 is 14.3 Å². The summed E-state index contributed by atoms with van der Waals surface area (Å²) in [5.41, 5.74) is -0.657. The van der Waals surface area contributed by atoms with Crippen LogP contribution in [0.5, 0.6) is 0 Å². The smallest absolute Gasteiger partial charge is 0.327 e. The van der Waals surface area contributed by atoms with E-state index in [1.165, 1.54) is 0 Å². The molecule has 0 amide bonds. The number of likely N-dealkylation sites (N-methyl/N-ethyl adjacent to an activating group) is 1. The maximum atomic E-state index is 12.2. The molecule has 0 aliphatic carbocycles. The van der Waals surface area contributed by atoms with Gasteiger partial charge in [0.1, 0.15) is 5.54 Å². The van der Waals surface area contributed by atoms with E-state index in [4.69, 9.17) is 9.47 Å². The third-order valence-corrected chi connectivity index (χ3v) is 3.09. The second-order valence-electron chi connectivity index (χ2n) is 4.84. The second-order valence-corrected chi connectivity index (χ2v) is 4.84. The van der Waals surface area contributed by atoms with E-state index >= 15 is 0 Å².